The van der Waals surface area contributed by atoms with E-state index in [0.717, 1.165) is 32.0 Å². The summed E-state index contributed by atoms with van der Waals surface area (Å²) in [6.07, 6.45) is 1.64. The minimum absolute atomic E-state index is 0.0449. The smallest absolute Gasteiger partial charge is 0.147 e. The number of hydrogen-bond donors (Lipinski definition) is 1. The van der Waals surface area contributed by atoms with E-state index < -0.39 is 0 Å². The monoisotopic (exact) mass is 302 g/mol. The van der Waals surface area contributed by atoms with Crippen LogP contribution in [0.4, 0.5) is 5.82 Å². The first-order chi connectivity index (χ1) is 8.94. The highest BCUT2D eigenvalue weighted by atomic mass is 35.5. The van der Waals surface area contributed by atoms with E-state index in [1.807, 2.05) is 0 Å². The van der Waals surface area contributed by atoms with Gasteiger partial charge in [0.05, 0.1) is 10.0 Å². The molecule has 1 aliphatic heterocycles. The van der Waals surface area contributed by atoms with Gasteiger partial charge in [0.2, 0.25) is 0 Å². The SMILES string of the molecule is CC(C)(CN)N1CCN(c2ncc(Cl)cc2Cl)CC1. The summed E-state index contributed by atoms with van der Waals surface area (Å²) in [5.41, 5.74) is 5.87. The third kappa shape index (κ3) is 3.31. The molecule has 2 heterocycles. The van der Waals surface area contributed by atoms with Gasteiger partial charge in [-0.3, -0.25) is 4.90 Å². The van der Waals surface area contributed by atoms with Gasteiger partial charge < -0.3 is 10.6 Å². The maximum Gasteiger partial charge on any atom is 0.147 e. The minimum atomic E-state index is 0.0449. The van der Waals surface area contributed by atoms with E-state index in [9.17, 15) is 0 Å². The number of aromatic nitrogens is 1. The lowest BCUT2D eigenvalue weighted by Gasteiger charge is -2.44. The molecule has 0 aromatic carbocycles. The first kappa shape index (κ1) is 14.9. The second-order valence-electron chi connectivity index (χ2n) is 5.45. The van der Waals surface area contributed by atoms with Crippen molar-refractivity contribution in [2.75, 3.05) is 37.6 Å². The Morgan fingerprint density at radius 1 is 1.26 bits per heavy atom. The molecule has 1 fully saturated rings. The van der Waals surface area contributed by atoms with Gasteiger partial charge in [-0.2, -0.15) is 0 Å². The van der Waals surface area contributed by atoms with Crippen molar-refractivity contribution >= 4 is 29.0 Å². The molecule has 0 radical (unpaired) electrons. The maximum atomic E-state index is 6.19. The van der Waals surface area contributed by atoms with Crippen molar-refractivity contribution in [2.45, 2.75) is 19.4 Å². The van der Waals surface area contributed by atoms with Gasteiger partial charge in [-0.05, 0) is 19.9 Å². The number of pyridine rings is 1. The molecule has 19 heavy (non-hydrogen) atoms. The fraction of sp³-hybridized carbons (Fsp3) is 0.615. The predicted molar refractivity (Wildman–Crippen MR) is 81.2 cm³/mol. The summed E-state index contributed by atoms with van der Waals surface area (Å²) in [6, 6.07) is 1.74. The van der Waals surface area contributed by atoms with Crippen LogP contribution in [0.25, 0.3) is 0 Å². The molecule has 1 aromatic heterocycles. The Morgan fingerprint density at radius 2 is 1.89 bits per heavy atom. The molecular formula is C13H20Cl2N4. The molecule has 2 rings (SSSR count). The Bertz CT molecular complexity index is 442. The summed E-state index contributed by atoms with van der Waals surface area (Å²) in [6.45, 7) is 8.74. The highest BCUT2D eigenvalue weighted by Gasteiger charge is 2.29. The van der Waals surface area contributed by atoms with E-state index in [2.05, 4.69) is 28.6 Å². The normalized spacial score (nSPS) is 17.8. The number of piperazine rings is 1. The van der Waals surface area contributed by atoms with Crippen LogP contribution < -0.4 is 10.6 Å². The third-order valence-electron chi connectivity index (χ3n) is 3.72. The molecule has 0 spiro atoms. The average molecular weight is 303 g/mol. The molecule has 0 amide bonds. The minimum Gasteiger partial charge on any atom is -0.353 e. The number of hydrogen-bond acceptors (Lipinski definition) is 4. The van der Waals surface area contributed by atoms with Crippen molar-refractivity contribution in [1.29, 1.82) is 0 Å². The Balaban J connectivity index is 2.04. The fourth-order valence-corrected chi connectivity index (χ4v) is 2.79. The molecule has 0 bridgehead atoms. The number of nitrogens with zero attached hydrogens (tertiary/aromatic N) is 3. The summed E-state index contributed by atoms with van der Waals surface area (Å²) in [4.78, 5) is 8.93. The zero-order chi connectivity index (χ0) is 14.0. The largest absolute Gasteiger partial charge is 0.353 e. The summed E-state index contributed by atoms with van der Waals surface area (Å²) in [7, 11) is 0. The number of halogens is 2. The van der Waals surface area contributed by atoms with Crippen LogP contribution in [0.2, 0.25) is 10.0 Å². The second kappa shape index (κ2) is 5.83. The second-order valence-corrected chi connectivity index (χ2v) is 6.29. The number of anilines is 1. The highest BCUT2D eigenvalue weighted by molar-refractivity contribution is 6.36. The first-order valence-corrected chi connectivity index (χ1v) is 7.21. The van der Waals surface area contributed by atoms with Gasteiger partial charge in [-0.15, -0.1) is 0 Å². The lowest BCUT2D eigenvalue weighted by Crippen LogP contribution is -2.57. The van der Waals surface area contributed by atoms with Gasteiger partial charge in [-0.25, -0.2) is 4.98 Å². The molecule has 4 nitrogen and oxygen atoms in total. The summed E-state index contributed by atoms with van der Waals surface area (Å²) in [5.74, 6) is 0.816. The summed E-state index contributed by atoms with van der Waals surface area (Å²) >= 11 is 12.1. The number of nitrogens with two attached hydrogens (primary N) is 1. The zero-order valence-corrected chi connectivity index (χ0v) is 12.9. The van der Waals surface area contributed by atoms with Crippen molar-refractivity contribution in [3.8, 4) is 0 Å². The number of rotatable bonds is 3. The van der Waals surface area contributed by atoms with Gasteiger partial charge in [0.15, 0.2) is 0 Å². The quantitative estimate of drug-likeness (QED) is 0.930. The Hall–Kier alpha value is -0.550. The van der Waals surface area contributed by atoms with Crippen LogP contribution in [0.1, 0.15) is 13.8 Å². The lowest BCUT2D eigenvalue weighted by molar-refractivity contribution is 0.119. The topological polar surface area (TPSA) is 45.4 Å². The van der Waals surface area contributed by atoms with Crippen LogP contribution in [0, 0.1) is 0 Å². The molecule has 1 aliphatic rings. The van der Waals surface area contributed by atoms with Crippen LogP contribution in [0.15, 0.2) is 12.3 Å². The van der Waals surface area contributed by atoms with Crippen LogP contribution in [-0.4, -0.2) is 48.1 Å². The van der Waals surface area contributed by atoms with Crippen molar-refractivity contribution in [2.24, 2.45) is 5.73 Å². The molecule has 0 aliphatic carbocycles. The van der Waals surface area contributed by atoms with Crippen molar-refractivity contribution in [1.82, 2.24) is 9.88 Å². The van der Waals surface area contributed by atoms with Gasteiger partial charge >= 0.3 is 0 Å². The van der Waals surface area contributed by atoms with E-state index in [1.54, 1.807) is 12.3 Å². The molecule has 0 saturated carbocycles. The zero-order valence-electron chi connectivity index (χ0n) is 11.4. The van der Waals surface area contributed by atoms with Crippen molar-refractivity contribution in [3.63, 3.8) is 0 Å². The van der Waals surface area contributed by atoms with Crippen LogP contribution in [0.5, 0.6) is 0 Å². The summed E-state index contributed by atoms with van der Waals surface area (Å²) in [5, 5.41) is 1.18. The maximum absolute atomic E-state index is 6.19. The highest BCUT2D eigenvalue weighted by Crippen LogP contribution is 2.27. The molecule has 1 aromatic rings. The standard InChI is InChI=1S/C13H20Cl2N4/c1-13(2,9-16)19-5-3-18(4-6-19)12-11(15)7-10(14)8-17-12/h7-8H,3-6,9,16H2,1-2H3. The molecule has 2 N–H and O–H groups in total. The fourth-order valence-electron chi connectivity index (χ4n) is 2.29. The van der Waals surface area contributed by atoms with E-state index in [-0.39, 0.29) is 5.54 Å². The van der Waals surface area contributed by atoms with Crippen LogP contribution in [0.3, 0.4) is 0 Å². The molecule has 0 unspecified atom stereocenters. The van der Waals surface area contributed by atoms with E-state index >= 15 is 0 Å². The Kier molecular flexibility index (Phi) is 4.56. The lowest BCUT2D eigenvalue weighted by atomic mass is 10.0. The average Bonchev–Trinajstić information content (AvgIpc) is 2.39. The van der Waals surface area contributed by atoms with Crippen molar-refractivity contribution < 1.29 is 0 Å². The van der Waals surface area contributed by atoms with Gasteiger partial charge in [0.1, 0.15) is 5.82 Å². The van der Waals surface area contributed by atoms with E-state index in [0.29, 0.717) is 16.6 Å². The van der Waals surface area contributed by atoms with Gasteiger partial charge in [0.25, 0.3) is 0 Å². The molecule has 1 saturated heterocycles. The first-order valence-electron chi connectivity index (χ1n) is 6.45. The van der Waals surface area contributed by atoms with E-state index in [4.69, 9.17) is 28.9 Å². The third-order valence-corrected chi connectivity index (χ3v) is 4.21. The molecule has 0 atom stereocenters. The predicted octanol–water partition coefficient (Wildman–Crippen LogP) is 2.25. The van der Waals surface area contributed by atoms with Gasteiger partial charge in [-0.1, -0.05) is 23.2 Å². The van der Waals surface area contributed by atoms with Gasteiger partial charge in [0, 0.05) is 44.5 Å². The van der Waals surface area contributed by atoms with Crippen molar-refractivity contribution in [3.05, 3.63) is 22.3 Å². The molecule has 106 valence electrons. The molecule has 6 heteroatoms. The van der Waals surface area contributed by atoms with E-state index in [1.165, 1.54) is 0 Å². The Morgan fingerprint density at radius 3 is 2.42 bits per heavy atom. The molecular weight excluding hydrogens is 283 g/mol. The Labute approximate surface area is 124 Å². The van der Waals surface area contributed by atoms with Crippen LogP contribution in [-0.2, 0) is 0 Å². The van der Waals surface area contributed by atoms with Crippen LogP contribution >= 0.6 is 23.2 Å². The summed E-state index contributed by atoms with van der Waals surface area (Å²) < 4.78 is 0.